The minimum absolute atomic E-state index is 0.0555. The van der Waals surface area contributed by atoms with Gasteiger partial charge < -0.3 is 21.7 Å². The van der Waals surface area contributed by atoms with Crippen LogP contribution in [0.1, 0.15) is 52.8 Å². The molecule has 9 heteroatoms. The van der Waals surface area contributed by atoms with Crippen LogP contribution < -0.4 is 16.4 Å². The molecule has 1 aromatic rings. The van der Waals surface area contributed by atoms with Crippen LogP contribution >= 0.6 is 0 Å². The van der Waals surface area contributed by atoms with Crippen LogP contribution in [0.15, 0.2) is 28.2 Å². The molecule has 6 N–H and O–H groups in total. The Labute approximate surface area is 143 Å². The quantitative estimate of drug-likeness (QED) is 0.641. The average molecular weight is 345 g/mol. The summed E-state index contributed by atoms with van der Waals surface area (Å²) in [7, 11) is 0. The second-order valence-electron chi connectivity index (χ2n) is 6.16. The van der Waals surface area contributed by atoms with Crippen molar-refractivity contribution in [2.24, 2.45) is 21.5 Å². The lowest BCUT2D eigenvalue weighted by Gasteiger charge is -2.46. The molecule has 0 radical (unpaired) electrons. The minimum Gasteiger partial charge on any atom is -0.478 e. The van der Waals surface area contributed by atoms with E-state index in [1.54, 1.807) is 4.90 Å². The number of carboxylic acids is 2. The second kappa shape index (κ2) is 6.08. The zero-order valence-electron chi connectivity index (χ0n) is 13.5. The Kier molecular flexibility index (Phi) is 4.07. The van der Waals surface area contributed by atoms with Gasteiger partial charge in [0, 0.05) is 0 Å². The third-order valence-electron chi connectivity index (χ3n) is 4.57. The highest BCUT2D eigenvalue weighted by Crippen LogP contribution is 2.40. The predicted octanol–water partition coefficient (Wildman–Crippen LogP) is 1.19. The molecule has 132 valence electrons. The maximum absolute atomic E-state index is 11.7. The van der Waals surface area contributed by atoms with Gasteiger partial charge in [0.15, 0.2) is 0 Å². The number of carbonyl (C=O) groups is 2. The van der Waals surface area contributed by atoms with Gasteiger partial charge in [0.05, 0.1) is 16.8 Å². The fraction of sp³-hybridized carbons (Fsp3) is 0.375. The van der Waals surface area contributed by atoms with Gasteiger partial charge in [0.1, 0.15) is 5.66 Å². The van der Waals surface area contributed by atoms with Crippen LogP contribution in [-0.2, 0) is 0 Å². The fourth-order valence-electron chi connectivity index (χ4n) is 3.51. The van der Waals surface area contributed by atoms with Crippen molar-refractivity contribution in [1.82, 2.24) is 0 Å². The van der Waals surface area contributed by atoms with E-state index in [0.29, 0.717) is 12.8 Å². The van der Waals surface area contributed by atoms with Crippen LogP contribution in [0.5, 0.6) is 0 Å². The van der Waals surface area contributed by atoms with Gasteiger partial charge in [-0.1, -0.05) is 6.42 Å². The molecule has 0 saturated heterocycles. The van der Waals surface area contributed by atoms with Crippen LogP contribution in [0.2, 0.25) is 0 Å². The Morgan fingerprint density at radius 3 is 2.36 bits per heavy atom. The van der Waals surface area contributed by atoms with Gasteiger partial charge in [-0.25, -0.2) is 14.6 Å². The number of hydrogen-bond donors (Lipinski definition) is 4. The lowest BCUT2D eigenvalue weighted by Crippen LogP contribution is -2.58. The van der Waals surface area contributed by atoms with Gasteiger partial charge in [-0.15, -0.1) is 0 Å². The third-order valence-corrected chi connectivity index (χ3v) is 4.57. The largest absolute Gasteiger partial charge is 0.478 e. The van der Waals surface area contributed by atoms with Gasteiger partial charge in [0.25, 0.3) is 0 Å². The molecule has 1 aliphatic carbocycles. The highest BCUT2D eigenvalue weighted by molar-refractivity contribution is 6.09. The van der Waals surface area contributed by atoms with E-state index in [1.165, 1.54) is 12.1 Å². The molecule has 2 aliphatic rings. The lowest BCUT2D eigenvalue weighted by atomic mass is 9.87. The Morgan fingerprint density at radius 2 is 1.76 bits per heavy atom. The number of guanidine groups is 2. The molecule has 1 aromatic carbocycles. The number of carboxylic acid groups (broad SMARTS) is 2. The third kappa shape index (κ3) is 2.88. The van der Waals surface area contributed by atoms with Crippen molar-refractivity contribution in [3.8, 4) is 0 Å². The van der Waals surface area contributed by atoms with Crippen molar-refractivity contribution >= 4 is 29.5 Å². The first-order valence-corrected chi connectivity index (χ1v) is 7.94. The summed E-state index contributed by atoms with van der Waals surface area (Å²) < 4.78 is 0. The molecule has 1 spiro atoms. The Hall–Kier alpha value is -3.10. The molecule has 0 unspecified atom stereocenters. The first kappa shape index (κ1) is 16.7. The number of nitrogens with zero attached hydrogens (tertiary/aromatic N) is 3. The maximum atomic E-state index is 11.7. The molecule has 0 bridgehead atoms. The van der Waals surface area contributed by atoms with E-state index < -0.39 is 17.6 Å². The van der Waals surface area contributed by atoms with E-state index in [0.717, 1.165) is 25.3 Å². The predicted molar refractivity (Wildman–Crippen MR) is 91.9 cm³/mol. The second-order valence-corrected chi connectivity index (χ2v) is 6.16. The summed E-state index contributed by atoms with van der Waals surface area (Å²) in [6.45, 7) is 0. The molecular formula is C16H19N5O4. The van der Waals surface area contributed by atoms with Gasteiger partial charge >= 0.3 is 11.9 Å². The number of anilines is 1. The number of rotatable bonds is 3. The van der Waals surface area contributed by atoms with E-state index in [1.807, 2.05) is 0 Å². The smallest absolute Gasteiger partial charge is 0.337 e. The molecule has 0 aromatic heterocycles. The van der Waals surface area contributed by atoms with Gasteiger partial charge in [0.2, 0.25) is 11.9 Å². The first-order chi connectivity index (χ1) is 11.8. The highest BCUT2D eigenvalue weighted by Gasteiger charge is 2.43. The van der Waals surface area contributed by atoms with Crippen molar-refractivity contribution in [3.63, 3.8) is 0 Å². The van der Waals surface area contributed by atoms with Crippen molar-refractivity contribution < 1.29 is 19.8 Å². The molecule has 3 rings (SSSR count). The van der Waals surface area contributed by atoms with E-state index >= 15 is 0 Å². The molecule has 1 fully saturated rings. The normalized spacial score (nSPS) is 19.3. The molecule has 1 saturated carbocycles. The number of nitrogens with two attached hydrogens (primary N) is 2. The fourth-order valence-corrected chi connectivity index (χ4v) is 3.51. The van der Waals surface area contributed by atoms with E-state index in [-0.39, 0.29) is 28.7 Å². The molecule has 9 nitrogen and oxygen atoms in total. The summed E-state index contributed by atoms with van der Waals surface area (Å²) in [4.78, 5) is 32.9. The summed E-state index contributed by atoms with van der Waals surface area (Å²) >= 11 is 0. The van der Waals surface area contributed by atoms with Crippen molar-refractivity contribution in [3.05, 3.63) is 29.3 Å². The maximum Gasteiger partial charge on any atom is 0.337 e. The Morgan fingerprint density at radius 1 is 1.08 bits per heavy atom. The first-order valence-electron chi connectivity index (χ1n) is 7.94. The van der Waals surface area contributed by atoms with Crippen LogP contribution in [0.4, 0.5) is 5.69 Å². The standard InChI is InChI=1S/C16H19N5O4/c17-14-19-15(18)21(16(20-14)6-2-1-3-7-16)11-5-4-9(12(22)23)8-10(11)13(24)25/h4-5,8H,1-3,6-7H2,(H,22,23)(H,24,25)(H4,17,18,19,20). The molecular weight excluding hydrogens is 326 g/mol. The number of hydrogen-bond acceptors (Lipinski definition) is 7. The molecule has 1 aliphatic heterocycles. The molecule has 1 heterocycles. The molecule has 0 amide bonds. The summed E-state index contributed by atoms with van der Waals surface area (Å²) in [5.74, 6) is -2.34. The van der Waals surface area contributed by atoms with Crippen molar-refractivity contribution in [2.75, 3.05) is 4.90 Å². The Balaban J connectivity index is 2.17. The van der Waals surface area contributed by atoms with E-state index in [9.17, 15) is 14.7 Å². The minimum atomic E-state index is -1.25. The van der Waals surface area contributed by atoms with Gasteiger partial charge in [-0.05, 0) is 43.9 Å². The Bertz CT molecular complexity index is 796. The van der Waals surface area contributed by atoms with Crippen LogP contribution in [0.25, 0.3) is 0 Å². The monoisotopic (exact) mass is 345 g/mol. The summed E-state index contributed by atoms with van der Waals surface area (Å²) in [5.41, 5.74) is 11.1. The zero-order chi connectivity index (χ0) is 18.2. The summed E-state index contributed by atoms with van der Waals surface area (Å²) in [6, 6.07) is 3.89. The zero-order valence-corrected chi connectivity index (χ0v) is 13.5. The van der Waals surface area contributed by atoms with Gasteiger partial charge in [-0.3, -0.25) is 4.90 Å². The van der Waals surface area contributed by atoms with E-state index in [4.69, 9.17) is 16.6 Å². The molecule has 25 heavy (non-hydrogen) atoms. The number of aliphatic imine (C=N–C) groups is 2. The summed E-state index contributed by atoms with van der Waals surface area (Å²) in [5, 5.41) is 18.7. The highest BCUT2D eigenvalue weighted by atomic mass is 16.4. The van der Waals surface area contributed by atoms with Crippen LogP contribution in [-0.4, -0.2) is 39.7 Å². The van der Waals surface area contributed by atoms with E-state index in [2.05, 4.69) is 9.98 Å². The molecule has 0 atom stereocenters. The average Bonchev–Trinajstić information content (AvgIpc) is 2.54. The SMILES string of the molecule is NC1=NC2(CCCCC2)N(c2ccc(C(=O)O)cc2C(=O)O)C(N)=N1. The topological polar surface area (TPSA) is 155 Å². The van der Waals surface area contributed by atoms with Gasteiger partial charge in [-0.2, -0.15) is 4.99 Å². The number of benzene rings is 1. The van der Waals surface area contributed by atoms with Crippen LogP contribution in [0.3, 0.4) is 0 Å². The van der Waals surface area contributed by atoms with Crippen LogP contribution in [0, 0.1) is 0 Å². The van der Waals surface area contributed by atoms with Crippen molar-refractivity contribution in [1.29, 1.82) is 0 Å². The van der Waals surface area contributed by atoms with Crippen molar-refractivity contribution in [2.45, 2.75) is 37.8 Å². The summed E-state index contributed by atoms with van der Waals surface area (Å²) in [6.07, 6.45) is 4.16. The number of aromatic carboxylic acids is 2. The lowest BCUT2D eigenvalue weighted by molar-refractivity contribution is 0.0696.